The maximum atomic E-state index is 12.9. The molecule has 1 aliphatic rings. The van der Waals surface area contributed by atoms with Crippen LogP contribution in [-0.4, -0.2) is 41.0 Å². The Hall–Kier alpha value is -2.81. The van der Waals surface area contributed by atoms with Crippen LogP contribution in [0.3, 0.4) is 0 Å². The first-order valence-corrected chi connectivity index (χ1v) is 9.61. The van der Waals surface area contributed by atoms with Gasteiger partial charge in [-0.1, -0.05) is 25.4 Å². The summed E-state index contributed by atoms with van der Waals surface area (Å²) >= 11 is 5.83. The van der Waals surface area contributed by atoms with E-state index in [1.54, 1.807) is 24.3 Å². The number of rotatable bonds is 5. The number of carbonyl (C=O) groups is 2. The number of alkyl halides is 3. The van der Waals surface area contributed by atoms with Crippen molar-refractivity contribution in [3.8, 4) is 0 Å². The fourth-order valence-electron chi connectivity index (χ4n) is 3.23. The highest BCUT2D eigenvalue weighted by Crippen LogP contribution is 2.31. The number of anilines is 2. The summed E-state index contributed by atoms with van der Waals surface area (Å²) in [5, 5.41) is 3.24. The summed E-state index contributed by atoms with van der Waals surface area (Å²) in [6, 6.07) is 7.86. The number of nitrogens with zero attached hydrogens (tertiary/aromatic N) is 3. The topological polar surface area (TPSA) is 65.5 Å². The number of hydrogen-bond acceptors (Lipinski definition) is 3. The molecule has 0 unspecified atom stereocenters. The lowest BCUT2D eigenvalue weighted by Crippen LogP contribution is -2.42. The monoisotopic (exact) mass is 440 g/mol. The molecule has 1 N–H and O–H groups in total. The van der Waals surface area contributed by atoms with E-state index in [4.69, 9.17) is 11.6 Å². The van der Waals surface area contributed by atoms with E-state index < -0.39 is 17.9 Å². The van der Waals surface area contributed by atoms with Crippen molar-refractivity contribution in [2.75, 3.05) is 23.3 Å². The zero-order valence-corrected chi connectivity index (χ0v) is 17.0. The molecule has 6 nitrogen and oxygen atoms in total. The predicted octanol–water partition coefficient (Wildman–Crippen LogP) is 4.66. The van der Waals surface area contributed by atoms with E-state index in [9.17, 15) is 22.8 Å². The van der Waals surface area contributed by atoms with Crippen molar-refractivity contribution in [2.45, 2.75) is 26.1 Å². The number of amides is 3. The second-order valence-electron chi connectivity index (χ2n) is 7.29. The zero-order chi connectivity index (χ0) is 22.1. The highest BCUT2D eigenvalue weighted by Gasteiger charge is 2.41. The van der Waals surface area contributed by atoms with Crippen molar-refractivity contribution in [1.29, 1.82) is 0 Å². The second kappa shape index (κ2) is 8.51. The van der Waals surface area contributed by atoms with Crippen molar-refractivity contribution >= 4 is 34.9 Å². The van der Waals surface area contributed by atoms with Gasteiger partial charge in [-0.2, -0.15) is 13.2 Å². The maximum absolute atomic E-state index is 12.9. The lowest BCUT2D eigenvalue weighted by molar-refractivity contribution is -0.141. The molecule has 1 saturated heterocycles. The van der Waals surface area contributed by atoms with Gasteiger partial charge in [-0.05, 0) is 42.3 Å². The molecule has 0 radical (unpaired) electrons. The van der Waals surface area contributed by atoms with Gasteiger partial charge in [0.15, 0.2) is 0 Å². The summed E-state index contributed by atoms with van der Waals surface area (Å²) < 4.78 is 38.2. The average Bonchev–Trinajstić information content (AvgIpc) is 3.00. The van der Waals surface area contributed by atoms with Crippen LogP contribution in [0.2, 0.25) is 5.02 Å². The minimum Gasteiger partial charge on any atom is -0.325 e. The minimum atomic E-state index is -4.56. The van der Waals surface area contributed by atoms with Crippen LogP contribution in [0.5, 0.6) is 0 Å². The van der Waals surface area contributed by atoms with Crippen LogP contribution >= 0.6 is 11.6 Å². The van der Waals surface area contributed by atoms with Gasteiger partial charge in [0.2, 0.25) is 5.91 Å². The van der Waals surface area contributed by atoms with Crippen LogP contribution in [0.4, 0.5) is 29.3 Å². The first kappa shape index (κ1) is 21.9. The Morgan fingerprint density at radius 1 is 1.23 bits per heavy atom. The van der Waals surface area contributed by atoms with Crippen molar-refractivity contribution in [3.05, 3.63) is 53.3 Å². The number of nitrogens with one attached hydrogen (secondary N) is 1. The van der Waals surface area contributed by atoms with Crippen LogP contribution in [0.25, 0.3) is 0 Å². The van der Waals surface area contributed by atoms with Crippen LogP contribution in [0.1, 0.15) is 19.5 Å². The fraction of sp³-hybridized carbons (Fsp3) is 0.350. The predicted molar refractivity (Wildman–Crippen MR) is 107 cm³/mol. The molecule has 0 spiro atoms. The van der Waals surface area contributed by atoms with Gasteiger partial charge < -0.3 is 10.2 Å². The van der Waals surface area contributed by atoms with Crippen LogP contribution in [0, 0.1) is 5.92 Å². The largest absolute Gasteiger partial charge is 0.433 e. The first-order valence-electron chi connectivity index (χ1n) is 9.23. The Morgan fingerprint density at radius 2 is 1.90 bits per heavy atom. The molecule has 0 saturated carbocycles. The lowest BCUT2D eigenvalue weighted by atomic mass is 10.0. The van der Waals surface area contributed by atoms with Gasteiger partial charge in [0.05, 0.1) is 17.9 Å². The number of hydrogen-bond donors (Lipinski definition) is 1. The van der Waals surface area contributed by atoms with E-state index in [1.807, 2.05) is 13.8 Å². The quantitative estimate of drug-likeness (QED) is 0.735. The van der Waals surface area contributed by atoms with Gasteiger partial charge in [0.25, 0.3) is 0 Å². The van der Waals surface area contributed by atoms with E-state index in [2.05, 4.69) is 10.3 Å². The van der Waals surface area contributed by atoms with Crippen LogP contribution in [-0.2, 0) is 11.0 Å². The van der Waals surface area contributed by atoms with Gasteiger partial charge >= 0.3 is 12.2 Å². The Labute approximate surface area is 176 Å². The normalized spacial score (nSPS) is 17.0. The summed E-state index contributed by atoms with van der Waals surface area (Å²) in [5.41, 5.74) is -0.238. The van der Waals surface area contributed by atoms with Crippen molar-refractivity contribution in [2.24, 2.45) is 5.92 Å². The molecule has 3 amide bonds. The van der Waals surface area contributed by atoms with Crippen molar-refractivity contribution in [1.82, 2.24) is 9.88 Å². The molecule has 1 atom stereocenters. The molecule has 0 aliphatic carbocycles. The third-order valence-corrected chi connectivity index (χ3v) is 5.06. The van der Waals surface area contributed by atoms with E-state index in [1.165, 1.54) is 15.9 Å². The van der Waals surface area contributed by atoms with Gasteiger partial charge in [-0.15, -0.1) is 0 Å². The van der Waals surface area contributed by atoms with Gasteiger partial charge in [-0.25, -0.2) is 9.78 Å². The summed E-state index contributed by atoms with van der Waals surface area (Å²) in [6.45, 7) is 3.89. The minimum absolute atomic E-state index is 0.0321. The van der Waals surface area contributed by atoms with Crippen LogP contribution < -0.4 is 10.2 Å². The molecule has 10 heteroatoms. The molecule has 0 bridgehead atoms. The molecule has 30 heavy (non-hydrogen) atoms. The molecule has 1 aliphatic heterocycles. The standard InChI is InChI=1S/C20H20ClF3N4O2/c1-12(2)16-10-27(15-7-8-17(25-9-15)20(22,23)24)19(30)28(16)11-18(29)26-14-5-3-13(21)4-6-14/h3-9,12,16H,10-11H2,1-2H3,(H,26,29)/t16-/m1/s1. The lowest BCUT2D eigenvalue weighted by Gasteiger charge is -2.25. The summed E-state index contributed by atoms with van der Waals surface area (Å²) in [5.74, 6) is -0.353. The number of carbonyl (C=O) groups excluding carboxylic acids is 2. The van der Waals surface area contributed by atoms with Crippen molar-refractivity contribution < 1.29 is 22.8 Å². The van der Waals surface area contributed by atoms with E-state index in [0.717, 1.165) is 12.3 Å². The molecular formula is C20H20ClF3N4O2. The van der Waals surface area contributed by atoms with E-state index in [-0.39, 0.29) is 36.6 Å². The van der Waals surface area contributed by atoms with Gasteiger partial charge in [-0.3, -0.25) is 9.69 Å². The Bertz CT molecular complexity index is 917. The summed E-state index contributed by atoms with van der Waals surface area (Å²) in [6.07, 6.45) is -3.53. The number of pyridine rings is 1. The SMILES string of the molecule is CC(C)[C@H]1CN(c2ccc(C(F)(F)F)nc2)C(=O)N1CC(=O)Nc1ccc(Cl)cc1. The Kier molecular flexibility index (Phi) is 6.21. The smallest absolute Gasteiger partial charge is 0.325 e. The summed E-state index contributed by atoms with van der Waals surface area (Å²) in [4.78, 5) is 31.6. The van der Waals surface area contributed by atoms with E-state index >= 15 is 0 Å². The molecule has 1 fully saturated rings. The maximum Gasteiger partial charge on any atom is 0.433 e. The Balaban J connectivity index is 1.74. The van der Waals surface area contributed by atoms with E-state index in [0.29, 0.717) is 10.7 Å². The van der Waals surface area contributed by atoms with Gasteiger partial charge in [0, 0.05) is 17.3 Å². The molecule has 2 heterocycles. The number of halogens is 4. The molecule has 2 aromatic rings. The molecular weight excluding hydrogens is 421 g/mol. The molecule has 160 valence electrons. The highest BCUT2D eigenvalue weighted by molar-refractivity contribution is 6.30. The second-order valence-corrected chi connectivity index (χ2v) is 7.72. The number of benzene rings is 1. The Morgan fingerprint density at radius 3 is 2.43 bits per heavy atom. The third kappa shape index (κ3) is 4.84. The number of aromatic nitrogens is 1. The summed E-state index contributed by atoms with van der Waals surface area (Å²) in [7, 11) is 0. The third-order valence-electron chi connectivity index (χ3n) is 4.81. The fourth-order valence-corrected chi connectivity index (χ4v) is 3.36. The van der Waals surface area contributed by atoms with Crippen LogP contribution in [0.15, 0.2) is 42.6 Å². The average molecular weight is 441 g/mol. The molecule has 3 rings (SSSR count). The molecule has 1 aromatic carbocycles. The zero-order valence-electron chi connectivity index (χ0n) is 16.3. The number of urea groups is 1. The first-order chi connectivity index (χ1) is 14.1. The highest BCUT2D eigenvalue weighted by atomic mass is 35.5. The van der Waals surface area contributed by atoms with Gasteiger partial charge in [0.1, 0.15) is 12.2 Å². The molecule has 1 aromatic heterocycles. The van der Waals surface area contributed by atoms with Crippen molar-refractivity contribution in [3.63, 3.8) is 0 Å².